The van der Waals surface area contributed by atoms with Gasteiger partial charge in [-0.05, 0) is 30.7 Å². The van der Waals surface area contributed by atoms with E-state index in [1.54, 1.807) is 6.20 Å². The molecule has 0 spiro atoms. The first-order valence-electron chi connectivity index (χ1n) is 5.40. The van der Waals surface area contributed by atoms with Gasteiger partial charge in [-0.2, -0.15) is 0 Å². The Balaban J connectivity index is 2.15. The molecule has 1 aromatic heterocycles. The first-order chi connectivity index (χ1) is 7.86. The summed E-state index contributed by atoms with van der Waals surface area (Å²) in [5, 5.41) is 2.84. The number of aromatic nitrogens is 1. The lowest BCUT2D eigenvalue weighted by atomic mass is 10.1. The number of nitrogen functional groups attached to an aromatic ring is 1. The van der Waals surface area contributed by atoms with Crippen molar-refractivity contribution in [1.29, 1.82) is 0 Å². The Morgan fingerprint density at radius 2 is 2.25 bits per heavy atom. The van der Waals surface area contributed by atoms with Crippen molar-refractivity contribution in [2.45, 2.75) is 6.42 Å². The third kappa shape index (κ3) is 1.39. The number of hydroxylamine groups is 1. The van der Waals surface area contributed by atoms with Gasteiger partial charge in [-0.1, -0.05) is 0 Å². The van der Waals surface area contributed by atoms with Crippen molar-refractivity contribution >= 4 is 22.3 Å². The van der Waals surface area contributed by atoms with Crippen LogP contribution in [0.2, 0.25) is 0 Å². The van der Waals surface area contributed by atoms with Crippen LogP contribution in [0.15, 0.2) is 30.5 Å². The number of anilines is 2. The Kier molecular flexibility index (Phi) is 2.15. The summed E-state index contributed by atoms with van der Waals surface area (Å²) in [5.41, 5.74) is 8.74. The van der Waals surface area contributed by atoms with E-state index in [4.69, 9.17) is 10.6 Å². The van der Waals surface area contributed by atoms with Crippen LogP contribution < -0.4 is 10.8 Å². The fourth-order valence-corrected chi connectivity index (χ4v) is 2.02. The summed E-state index contributed by atoms with van der Waals surface area (Å²) in [6, 6.07) is 7.82. The standard InChI is InChI=1S/C12H13N3O/c13-12-9-3-1-6-14-10(9)4-5-11(12)15-7-2-8-16-15/h1,3-6H,2,7-8,13H2. The predicted octanol–water partition coefficient (Wildman–Crippen LogP) is 1.96. The molecule has 2 aromatic rings. The van der Waals surface area contributed by atoms with Crippen molar-refractivity contribution in [2.75, 3.05) is 23.9 Å². The highest BCUT2D eigenvalue weighted by Gasteiger charge is 2.17. The minimum Gasteiger partial charge on any atom is -0.396 e. The van der Waals surface area contributed by atoms with Crippen LogP contribution in [0, 0.1) is 0 Å². The normalized spacial score (nSPS) is 15.9. The number of hydrogen-bond acceptors (Lipinski definition) is 4. The van der Waals surface area contributed by atoms with E-state index in [0.29, 0.717) is 0 Å². The van der Waals surface area contributed by atoms with Gasteiger partial charge < -0.3 is 5.73 Å². The highest BCUT2D eigenvalue weighted by molar-refractivity contribution is 5.96. The zero-order chi connectivity index (χ0) is 11.0. The van der Waals surface area contributed by atoms with Crippen molar-refractivity contribution in [1.82, 2.24) is 4.98 Å². The molecule has 1 aliphatic heterocycles. The van der Waals surface area contributed by atoms with Gasteiger partial charge in [-0.15, -0.1) is 0 Å². The van der Waals surface area contributed by atoms with Crippen LogP contribution in [0.1, 0.15) is 6.42 Å². The molecule has 4 heteroatoms. The summed E-state index contributed by atoms with van der Waals surface area (Å²) in [6.07, 6.45) is 2.82. The SMILES string of the molecule is Nc1c(N2CCCO2)ccc2ncccc12. The molecule has 0 saturated carbocycles. The maximum atomic E-state index is 6.14. The quantitative estimate of drug-likeness (QED) is 0.739. The zero-order valence-electron chi connectivity index (χ0n) is 8.89. The van der Waals surface area contributed by atoms with Crippen molar-refractivity contribution in [2.24, 2.45) is 0 Å². The maximum absolute atomic E-state index is 6.14. The summed E-state index contributed by atoms with van der Waals surface area (Å²) in [6.45, 7) is 1.67. The lowest BCUT2D eigenvalue weighted by Gasteiger charge is -2.18. The Labute approximate surface area is 93.6 Å². The van der Waals surface area contributed by atoms with Crippen molar-refractivity contribution in [3.8, 4) is 0 Å². The molecule has 0 aliphatic carbocycles. The fraction of sp³-hybridized carbons (Fsp3) is 0.250. The molecule has 0 radical (unpaired) electrons. The molecule has 1 aliphatic rings. The number of fused-ring (bicyclic) bond motifs is 1. The van der Waals surface area contributed by atoms with Crippen LogP contribution in [0.25, 0.3) is 10.9 Å². The molecule has 1 fully saturated rings. The number of nitrogens with zero attached hydrogens (tertiary/aromatic N) is 2. The number of pyridine rings is 1. The van der Waals surface area contributed by atoms with Gasteiger partial charge >= 0.3 is 0 Å². The molecule has 3 rings (SSSR count). The van der Waals surface area contributed by atoms with Gasteiger partial charge in [-0.3, -0.25) is 14.9 Å². The second-order valence-electron chi connectivity index (χ2n) is 3.86. The van der Waals surface area contributed by atoms with Gasteiger partial charge in [0, 0.05) is 18.1 Å². The largest absolute Gasteiger partial charge is 0.396 e. The first kappa shape index (κ1) is 9.42. The highest BCUT2D eigenvalue weighted by Crippen LogP contribution is 2.31. The summed E-state index contributed by atoms with van der Waals surface area (Å²) < 4.78 is 0. The molecule has 0 atom stereocenters. The second kappa shape index (κ2) is 3.64. The second-order valence-corrected chi connectivity index (χ2v) is 3.86. The molecule has 0 amide bonds. The zero-order valence-corrected chi connectivity index (χ0v) is 8.89. The lowest BCUT2D eigenvalue weighted by molar-refractivity contribution is 0.168. The molecular weight excluding hydrogens is 202 g/mol. The minimum atomic E-state index is 0.743. The third-order valence-corrected chi connectivity index (χ3v) is 2.83. The van der Waals surface area contributed by atoms with Crippen LogP contribution in [0.4, 0.5) is 11.4 Å². The summed E-state index contributed by atoms with van der Waals surface area (Å²) >= 11 is 0. The molecule has 0 bridgehead atoms. The summed E-state index contributed by atoms with van der Waals surface area (Å²) in [5.74, 6) is 0. The minimum absolute atomic E-state index is 0.743. The van der Waals surface area contributed by atoms with E-state index in [0.717, 1.165) is 41.9 Å². The third-order valence-electron chi connectivity index (χ3n) is 2.83. The van der Waals surface area contributed by atoms with E-state index in [1.807, 2.05) is 29.3 Å². The number of benzene rings is 1. The molecular formula is C12H13N3O. The van der Waals surface area contributed by atoms with E-state index >= 15 is 0 Å². The number of nitrogens with two attached hydrogens (primary N) is 1. The van der Waals surface area contributed by atoms with E-state index < -0.39 is 0 Å². The average Bonchev–Trinajstić information content (AvgIpc) is 2.83. The van der Waals surface area contributed by atoms with Gasteiger partial charge in [0.1, 0.15) is 0 Å². The Bertz CT molecular complexity index is 521. The molecule has 4 nitrogen and oxygen atoms in total. The highest BCUT2D eigenvalue weighted by atomic mass is 16.7. The molecule has 2 N–H and O–H groups in total. The topological polar surface area (TPSA) is 51.4 Å². The van der Waals surface area contributed by atoms with Crippen LogP contribution in [0.3, 0.4) is 0 Å². The molecule has 2 heterocycles. The van der Waals surface area contributed by atoms with E-state index in [9.17, 15) is 0 Å². The Hall–Kier alpha value is -1.81. The van der Waals surface area contributed by atoms with Crippen LogP contribution >= 0.6 is 0 Å². The van der Waals surface area contributed by atoms with Gasteiger partial charge in [0.25, 0.3) is 0 Å². The Morgan fingerprint density at radius 1 is 1.31 bits per heavy atom. The average molecular weight is 215 g/mol. The van der Waals surface area contributed by atoms with E-state index in [-0.39, 0.29) is 0 Å². The first-order valence-corrected chi connectivity index (χ1v) is 5.40. The Morgan fingerprint density at radius 3 is 3.06 bits per heavy atom. The fourth-order valence-electron chi connectivity index (χ4n) is 2.02. The van der Waals surface area contributed by atoms with Crippen LogP contribution in [0.5, 0.6) is 0 Å². The van der Waals surface area contributed by atoms with E-state index in [2.05, 4.69) is 4.98 Å². The lowest BCUT2D eigenvalue weighted by Crippen LogP contribution is -2.17. The summed E-state index contributed by atoms with van der Waals surface area (Å²) in [4.78, 5) is 9.77. The van der Waals surface area contributed by atoms with Gasteiger partial charge in [0.2, 0.25) is 0 Å². The molecule has 1 aromatic carbocycles. The molecule has 16 heavy (non-hydrogen) atoms. The molecule has 82 valence electrons. The van der Waals surface area contributed by atoms with Crippen molar-refractivity contribution < 1.29 is 4.84 Å². The smallest absolute Gasteiger partial charge is 0.0873 e. The summed E-state index contributed by atoms with van der Waals surface area (Å²) in [7, 11) is 0. The van der Waals surface area contributed by atoms with Gasteiger partial charge in [0.05, 0.1) is 23.5 Å². The molecule has 0 unspecified atom stereocenters. The van der Waals surface area contributed by atoms with Crippen molar-refractivity contribution in [3.63, 3.8) is 0 Å². The van der Waals surface area contributed by atoms with Crippen molar-refractivity contribution in [3.05, 3.63) is 30.5 Å². The number of rotatable bonds is 1. The maximum Gasteiger partial charge on any atom is 0.0873 e. The van der Waals surface area contributed by atoms with Crippen LogP contribution in [-0.2, 0) is 4.84 Å². The van der Waals surface area contributed by atoms with Gasteiger partial charge in [-0.25, -0.2) is 0 Å². The van der Waals surface area contributed by atoms with Gasteiger partial charge in [0.15, 0.2) is 0 Å². The molecule has 1 saturated heterocycles. The van der Waals surface area contributed by atoms with E-state index in [1.165, 1.54) is 0 Å². The van der Waals surface area contributed by atoms with Crippen LogP contribution in [-0.4, -0.2) is 18.1 Å². The number of hydrogen-bond donors (Lipinski definition) is 1. The monoisotopic (exact) mass is 215 g/mol. The predicted molar refractivity (Wildman–Crippen MR) is 64.1 cm³/mol.